The molecule has 3 aromatic rings. The molecule has 0 aliphatic rings. The van der Waals surface area contributed by atoms with Gasteiger partial charge in [-0.1, -0.05) is 60.7 Å². The van der Waals surface area contributed by atoms with Gasteiger partial charge in [0.2, 0.25) is 0 Å². The Kier molecular flexibility index (Phi) is 7.19. The van der Waals surface area contributed by atoms with Crippen LogP contribution in [0.25, 0.3) is 11.6 Å². The summed E-state index contributed by atoms with van der Waals surface area (Å²) in [7, 11) is 0. The number of non-ortho nitro benzene ring substituents is 1. The van der Waals surface area contributed by atoms with E-state index in [2.05, 4.69) is 5.32 Å². The van der Waals surface area contributed by atoms with Gasteiger partial charge < -0.3 is 5.32 Å². The van der Waals surface area contributed by atoms with Crippen LogP contribution in [0.3, 0.4) is 0 Å². The second kappa shape index (κ2) is 10.2. The maximum atomic E-state index is 12.9. The predicted octanol–water partition coefficient (Wildman–Crippen LogP) is 5.04. The van der Waals surface area contributed by atoms with Crippen LogP contribution in [0.5, 0.6) is 0 Å². The molecule has 0 aliphatic heterocycles. The normalized spacial score (nSPS) is 11.1. The molecule has 0 aromatic heterocycles. The number of carbonyl (C=O) groups is 1. The molecule has 1 amide bonds. The lowest BCUT2D eigenvalue weighted by Gasteiger charge is -2.10. The molecule has 0 bridgehead atoms. The highest BCUT2D eigenvalue weighted by molar-refractivity contribution is 7.99. The third kappa shape index (κ3) is 6.05. The van der Waals surface area contributed by atoms with Crippen LogP contribution >= 0.6 is 11.8 Å². The summed E-state index contributed by atoms with van der Waals surface area (Å²) in [6.45, 7) is 0.511. The highest BCUT2D eigenvalue weighted by Gasteiger charge is 2.13. The largest absolute Gasteiger partial charge is 0.351 e. The lowest BCUT2D eigenvalue weighted by Crippen LogP contribution is -2.26. The number of amides is 1. The molecular formula is C23H20N2O3S. The number of carbonyl (C=O) groups excluding carboxylic acids is 1. The zero-order valence-electron chi connectivity index (χ0n) is 15.7. The molecule has 0 unspecified atom stereocenters. The summed E-state index contributed by atoms with van der Waals surface area (Å²) in [5.41, 5.74) is 1.82. The standard InChI is InChI=1S/C23H20N2O3S/c26-23(24-14-15-29-21-12-5-2-6-13-21)22(19-9-3-1-4-10-19)17-18-8-7-11-20(16-18)25(27)28/h1-13,16-17H,14-15H2,(H,24,26)/b22-17+. The summed E-state index contributed by atoms with van der Waals surface area (Å²) in [6.07, 6.45) is 1.68. The summed E-state index contributed by atoms with van der Waals surface area (Å²) in [5, 5.41) is 14.0. The molecule has 3 aromatic carbocycles. The summed E-state index contributed by atoms with van der Waals surface area (Å²) in [6, 6.07) is 25.5. The van der Waals surface area contributed by atoms with Gasteiger partial charge in [0.05, 0.1) is 4.92 Å². The number of nitro groups is 1. The smallest absolute Gasteiger partial charge is 0.270 e. The lowest BCUT2D eigenvalue weighted by atomic mass is 10.0. The van der Waals surface area contributed by atoms with Crippen LogP contribution < -0.4 is 5.32 Å². The van der Waals surface area contributed by atoms with Gasteiger partial charge in [0, 0.05) is 34.9 Å². The van der Waals surface area contributed by atoms with E-state index >= 15 is 0 Å². The molecule has 0 radical (unpaired) electrons. The van der Waals surface area contributed by atoms with E-state index in [1.54, 1.807) is 30.0 Å². The maximum absolute atomic E-state index is 12.9. The van der Waals surface area contributed by atoms with Crippen LogP contribution in [0, 0.1) is 10.1 Å². The third-order valence-corrected chi connectivity index (χ3v) is 5.13. The molecular weight excluding hydrogens is 384 g/mol. The molecule has 29 heavy (non-hydrogen) atoms. The molecule has 146 valence electrons. The van der Waals surface area contributed by atoms with Gasteiger partial charge in [-0.2, -0.15) is 0 Å². The molecule has 5 nitrogen and oxygen atoms in total. The fourth-order valence-electron chi connectivity index (χ4n) is 2.74. The summed E-state index contributed by atoms with van der Waals surface area (Å²) in [4.78, 5) is 24.6. The van der Waals surface area contributed by atoms with Crippen LogP contribution in [0.4, 0.5) is 5.69 Å². The van der Waals surface area contributed by atoms with Crippen LogP contribution in [0.1, 0.15) is 11.1 Å². The quantitative estimate of drug-likeness (QED) is 0.142. The van der Waals surface area contributed by atoms with Crippen molar-refractivity contribution in [2.45, 2.75) is 4.90 Å². The van der Waals surface area contributed by atoms with E-state index in [1.165, 1.54) is 12.1 Å². The highest BCUT2D eigenvalue weighted by atomic mass is 32.2. The van der Waals surface area contributed by atoms with Crippen molar-refractivity contribution in [3.63, 3.8) is 0 Å². The number of benzene rings is 3. The molecule has 0 aliphatic carbocycles. The van der Waals surface area contributed by atoms with Crippen molar-refractivity contribution in [2.75, 3.05) is 12.3 Å². The summed E-state index contributed by atoms with van der Waals surface area (Å²) < 4.78 is 0. The summed E-state index contributed by atoms with van der Waals surface area (Å²) >= 11 is 1.67. The van der Waals surface area contributed by atoms with Crippen LogP contribution in [0.15, 0.2) is 89.8 Å². The maximum Gasteiger partial charge on any atom is 0.270 e. The minimum Gasteiger partial charge on any atom is -0.351 e. The average molecular weight is 404 g/mol. The molecule has 1 N–H and O–H groups in total. The van der Waals surface area contributed by atoms with Crippen molar-refractivity contribution in [3.05, 3.63) is 106 Å². The van der Waals surface area contributed by atoms with Gasteiger partial charge in [0.1, 0.15) is 0 Å². The second-order valence-electron chi connectivity index (χ2n) is 6.19. The second-order valence-corrected chi connectivity index (χ2v) is 7.36. The lowest BCUT2D eigenvalue weighted by molar-refractivity contribution is -0.384. The SMILES string of the molecule is O=C(NCCSc1ccccc1)/C(=C/c1cccc([N+](=O)[O-])c1)c1ccccc1. The van der Waals surface area contributed by atoms with Crippen molar-refractivity contribution < 1.29 is 9.72 Å². The van der Waals surface area contributed by atoms with Crippen LogP contribution in [-0.4, -0.2) is 23.1 Å². The number of thioether (sulfide) groups is 1. The van der Waals surface area contributed by atoms with Crippen LogP contribution in [0.2, 0.25) is 0 Å². The van der Waals surface area contributed by atoms with E-state index in [-0.39, 0.29) is 11.6 Å². The third-order valence-electron chi connectivity index (χ3n) is 4.12. The zero-order valence-corrected chi connectivity index (χ0v) is 16.5. The van der Waals surface area contributed by atoms with Crippen LogP contribution in [-0.2, 0) is 4.79 Å². The number of nitrogens with one attached hydrogen (secondary N) is 1. The van der Waals surface area contributed by atoms with E-state index < -0.39 is 4.92 Å². The monoisotopic (exact) mass is 404 g/mol. The number of nitrogens with zero attached hydrogens (tertiary/aromatic N) is 1. The van der Waals surface area contributed by atoms with Crippen molar-refractivity contribution >= 4 is 35.0 Å². The van der Waals surface area contributed by atoms with Gasteiger partial charge in [-0.3, -0.25) is 14.9 Å². The zero-order chi connectivity index (χ0) is 20.5. The Labute approximate surface area is 173 Å². The highest BCUT2D eigenvalue weighted by Crippen LogP contribution is 2.22. The first-order valence-electron chi connectivity index (χ1n) is 9.11. The van der Waals surface area contributed by atoms with Gasteiger partial charge in [-0.25, -0.2) is 0 Å². The minimum atomic E-state index is -0.444. The molecule has 0 atom stereocenters. The molecule has 0 heterocycles. The molecule has 6 heteroatoms. The Balaban J connectivity index is 1.74. The van der Waals surface area contributed by atoms with E-state index in [4.69, 9.17) is 0 Å². The Hall–Kier alpha value is -3.38. The van der Waals surface area contributed by atoms with Crippen molar-refractivity contribution in [2.24, 2.45) is 0 Å². The fraction of sp³-hybridized carbons (Fsp3) is 0.0870. The number of hydrogen-bond donors (Lipinski definition) is 1. The number of rotatable bonds is 8. The van der Waals surface area contributed by atoms with E-state index in [0.29, 0.717) is 17.7 Å². The summed E-state index contributed by atoms with van der Waals surface area (Å²) in [5.74, 6) is 0.533. The van der Waals surface area contributed by atoms with Gasteiger partial charge in [-0.15, -0.1) is 11.8 Å². The Morgan fingerprint density at radius 3 is 2.34 bits per heavy atom. The fourth-order valence-corrected chi connectivity index (χ4v) is 3.53. The predicted molar refractivity (Wildman–Crippen MR) is 118 cm³/mol. The number of nitro benzene ring substituents is 1. The molecule has 0 saturated heterocycles. The number of hydrogen-bond acceptors (Lipinski definition) is 4. The van der Waals surface area contributed by atoms with Crippen molar-refractivity contribution in [1.82, 2.24) is 5.32 Å². The van der Waals surface area contributed by atoms with Gasteiger partial charge in [0.15, 0.2) is 0 Å². The molecule has 3 rings (SSSR count). The molecule has 0 fully saturated rings. The van der Waals surface area contributed by atoms with E-state index in [1.807, 2.05) is 60.7 Å². The first-order chi connectivity index (χ1) is 14.1. The van der Waals surface area contributed by atoms with E-state index in [9.17, 15) is 14.9 Å². The molecule has 0 saturated carbocycles. The first kappa shape index (κ1) is 20.4. The van der Waals surface area contributed by atoms with Gasteiger partial charge in [0.25, 0.3) is 11.6 Å². The van der Waals surface area contributed by atoms with Crippen molar-refractivity contribution in [1.29, 1.82) is 0 Å². The van der Waals surface area contributed by atoms with Gasteiger partial charge in [-0.05, 0) is 29.3 Å². The molecule has 0 spiro atoms. The topological polar surface area (TPSA) is 72.2 Å². The Bertz CT molecular complexity index is 1000. The Morgan fingerprint density at radius 2 is 1.66 bits per heavy atom. The van der Waals surface area contributed by atoms with Gasteiger partial charge >= 0.3 is 0 Å². The van der Waals surface area contributed by atoms with Crippen molar-refractivity contribution in [3.8, 4) is 0 Å². The minimum absolute atomic E-state index is 0.00849. The first-order valence-corrected chi connectivity index (χ1v) is 10.1. The Morgan fingerprint density at radius 1 is 0.966 bits per heavy atom. The average Bonchev–Trinajstić information content (AvgIpc) is 2.76. The van der Waals surface area contributed by atoms with E-state index in [0.717, 1.165) is 16.2 Å².